The van der Waals surface area contributed by atoms with Crippen LogP contribution in [0, 0.1) is 5.82 Å². The zero-order chi connectivity index (χ0) is 23.5. The van der Waals surface area contributed by atoms with Crippen molar-refractivity contribution in [3.8, 4) is 11.1 Å². The third-order valence-electron chi connectivity index (χ3n) is 7.57. The van der Waals surface area contributed by atoms with Crippen LogP contribution in [0.4, 0.5) is 4.39 Å². The number of rotatable bonds is 4. The molecule has 2 saturated heterocycles. The monoisotopic (exact) mass is 482 g/mol. The summed E-state index contributed by atoms with van der Waals surface area (Å²) in [5.41, 5.74) is 2.93. The van der Waals surface area contributed by atoms with Gasteiger partial charge in [0.15, 0.2) is 0 Å². The van der Waals surface area contributed by atoms with Crippen molar-refractivity contribution in [3.63, 3.8) is 0 Å². The smallest absolute Gasteiger partial charge is 0.248 e. The van der Waals surface area contributed by atoms with Crippen LogP contribution in [-0.4, -0.2) is 61.4 Å². The zero-order valence-electron chi connectivity index (χ0n) is 18.9. The molecule has 0 atom stereocenters. The highest BCUT2D eigenvalue weighted by molar-refractivity contribution is 7.89. The van der Waals surface area contributed by atoms with Crippen molar-refractivity contribution in [2.45, 2.75) is 48.6 Å². The summed E-state index contributed by atoms with van der Waals surface area (Å²) >= 11 is 0. The van der Waals surface area contributed by atoms with Crippen LogP contribution in [0.1, 0.15) is 36.8 Å². The number of carbonyl (C=O) groups excluding carboxylic acids is 1. The van der Waals surface area contributed by atoms with Crippen molar-refractivity contribution in [2.75, 3.05) is 26.2 Å². The number of hydrogen-bond donors (Lipinski definition) is 0. The number of amides is 1. The normalized spacial score (nSPS) is 22.4. The Morgan fingerprint density at radius 1 is 1.06 bits per heavy atom. The Kier molecular flexibility index (Phi) is 5.17. The summed E-state index contributed by atoms with van der Waals surface area (Å²) in [5, 5.41) is 0. The first-order valence-corrected chi connectivity index (χ1v) is 13.3. The Hall–Kier alpha value is -2.55. The first-order valence-electron chi connectivity index (χ1n) is 11.9. The molecule has 1 spiro atoms. The molecular formula is C26H27FN2O4S. The van der Waals surface area contributed by atoms with Gasteiger partial charge < -0.3 is 9.64 Å². The molecule has 2 aliphatic heterocycles. The maximum atomic E-state index is 15.1. The van der Waals surface area contributed by atoms with Crippen molar-refractivity contribution in [2.24, 2.45) is 0 Å². The van der Waals surface area contributed by atoms with Gasteiger partial charge in [0.05, 0.1) is 17.0 Å². The maximum Gasteiger partial charge on any atom is 0.248 e. The lowest BCUT2D eigenvalue weighted by molar-refractivity contribution is -0.170. The topological polar surface area (TPSA) is 66.9 Å². The molecule has 0 radical (unpaired) electrons. The van der Waals surface area contributed by atoms with Gasteiger partial charge in [-0.25, -0.2) is 12.8 Å². The van der Waals surface area contributed by atoms with Crippen LogP contribution in [0.3, 0.4) is 0 Å². The third kappa shape index (κ3) is 3.78. The average Bonchev–Trinajstić information content (AvgIpc) is 3.57. The fourth-order valence-corrected chi connectivity index (χ4v) is 6.82. The average molecular weight is 483 g/mol. The van der Waals surface area contributed by atoms with E-state index in [9.17, 15) is 13.2 Å². The van der Waals surface area contributed by atoms with Crippen molar-refractivity contribution in [1.82, 2.24) is 9.21 Å². The van der Waals surface area contributed by atoms with Gasteiger partial charge in [0, 0.05) is 24.7 Å². The summed E-state index contributed by atoms with van der Waals surface area (Å²) in [6.07, 6.45) is 8.05. The summed E-state index contributed by atoms with van der Waals surface area (Å²) in [4.78, 5) is 14.1. The van der Waals surface area contributed by atoms with Crippen LogP contribution in [-0.2, 0) is 26.0 Å². The Labute approximate surface area is 199 Å². The van der Waals surface area contributed by atoms with Gasteiger partial charge in [-0.3, -0.25) is 4.79 Å². The first kappa shape index (κ1) is 21.9. The fraction of sp³-hybridized carbons (Fsp3) is 0.423. The summed E-state index contributed by atoms with van der Waals surface area (Å²) in [6.45, 7) is 1.17. The minimum Gasteiger partial charge on any atom is -0.363 e. The molecular weight excluding hydrogens is 455 g/mol. The lowest BCUT2D eigenvalue weighted by Gasteiger charge is -2.46. The maximum absolute atomic E-state index is 15.1. The molecule has 0 aromatic heterocycles. The zero-order valence-corrected chi connectivity index (χ0v) is 19.7. The van der Waals surface area contributed by atoms with Crippen LogP contribution < -0.4 is 0 Å². The largest absolute Gasteiger partial charge is 0.363 e. The molecule has 2 aliphatic carbocycles. The Morgan fingerprint density at radius 2 is 1.85 bits per heavy atom. The number of morpholine rings is 1. The highest BCUT2D eigenvalue weighted by Crippen LogP contribution is 2.37. The number of sulfonamides is 1. The van der Waals surface area contributed by atoms with Gasteiger partial charge in [0.1, 0.15) is 12.4 Å². The number of fused-ring (bicyclic) bond motifs is 1. The Balaban J connectivity index is 1.18. The van der Waals surface area contributed by atoms with Gasteiger partial charge >= 0.3 is 0 Å². The van der Waals surface area contributed by atoms with E-state index in [4.69, 9.17) is 4.74 Å². The van der Waals surface area contributed by atoms with E-state index in [-0.39, 0.29) is 30.5 Å². The number of nitrogens with zero attached hydrogens (tertiary/aromatic N) is 2. The van der Waals surface area contributed by atoms with Crippen molar-refractivity contribution in [3.05, 3.63) is 59.4 Å². The second-order valence-corrected chi connectivity index (χ2v) is 11.7. The lowest BCUT2D eigenvalue weighted by Crippen LogP contribution is -2.59. The predicted molar refractivity (Wildman–Crippen MR) is 126 cm³/mol. The van der Waals surface area contributed by atoms with Gasteiger partial charge in [0.2, 0.25) is 15.9 Å². The van der Waals surface area contributed by atoms with Crippen molar-refractivity contribution >= 4 is 22.0 Å². The Bertz CT molecular complexity index is 1290. The minimum absolute atomic E-state index is 0.0263. The van der Waals surface area contributed by atoms with E-state index >= 15 is 4.39 Å². The SMILES string of the molecule is O=C1COC2(CCN(S(=O)(=O)c3ccc(-c4ccc5c(c4)CC=C5)c(F)c3)CC2)CN1C1CC1. The summed E-state index contributed by atoms with van der Waals surface area (Å²) in [6, 6.07) is 10.3. The molecule has 3 fully saturated rings. The number of hydrogen-bond acceptors (Lipinski definition) is 4. The van der Waals surface area contributed by atoms with Gasteiger partial charge in [-0.05, 0) is 60.9 Å². The molecule has 6 rings (SSSR count). The van der Waals surface area contributed by atoms with E-state index in [2.05, 4.69) is 6.08 Å². The van der Waals surface area contributed by atoms with Crippen LogP contribution in [0.5, 0.6) is 0 Å². The van der Waals surface area contributed by atoms with Gasteiger partial charge in [-0.1, -0.05) is 36.4 Å². The number of benzene rings is 2. The highest BCUT2D eigenvalue weighted by atomic mass is 32.2. The van der Waals surface area contributed by atoms with Gasteiger partial charge in [-0.15, -0.1) is 0 Å². The van der Waals surface area contributed by atoms with Crippen LogP contribution in [0.25, 0.3) is 17.2 Å². The molecule has 0 unspecified atom stereocenters. The number of ether oxygens (including phenoxy) is 1. The van der Waals surface area contributed by atoms with E-state index in [0.29, 0.717) is 31.0 Å². The first-order chi connectivity index (χ1) is 16.3. The molecule has 4 aliphatic rings. The molecule has 1 amide bonds. The second-order valence-electron chi connectivity index (χ2n) is 9.79. The van der Waals surface area contributed by atoms with Gasteiger partial charge in [-0.2, -0.15) is 4.31 Å². The third-order valence-corrected chi connectivity index (χ3v) is 9.46. The molecule has 2 aromatic rings. The number of halogens is 1. The molecule has 8 heteroatoms. The molecule has 6 nitrogen and oxygen atoms in total. The number of carbonyl (C=O) groups is 1. The molecule has 178 valence electrons. The number of allylic oxidation sites excluding steroid dienone is 1. The van der Waals surface area contributed by atoms with Crippen molar-refractivity contribution < 1.29 is 22.3 Å². The van der Waals surface area contributed by atoms with Crippen LogP contribution in [0.15, 0.2) is 47.4 Å². The fourth-order valence-electron chi connectivity index (χ4n) is 5.36. The predicted octanol–water partition coefficient (Wildman–Crippen LogP) is 3.61. The van der Waals surface area contributed by atoms with E-state index in [0.717, 1.165) is 42.0 Å². The summed E-state index contributed by atoms with van der Waals surface area (Å²) in [5.74, 6) is -0.520. The van der Waals surface area contributed by atoms with E-state index in [1.54, 1.807) is 6.07 Å². The van der Waals surface area contributed by atoms with Crippen molar-refractivity contribution in [1.29, 1.82) is 0 Å². The molecule has 1 saturated carbocycles. The van der Waals surface area contributed by atoms with Crippen LogP contribution >= 0.6 is 0 Å². The van der Waals surface area contributed by atoms with Gasteiger partial charge in [0.25, 0.3) is 0 Å². The second kappa shape index (κ2) is 8.00. The van der Waals surface area contributed by atoms with Crippen LogP contribution in [0.2, 0.25) is 0 Å². The molecule has 2 aromatic carbocycles. The molecule has 0 bridgehead atoms. The summed E-state index contributed by atoms with van der Waals surface area (Å²) in [7, 11) is -3.83. The minimum atomic E-state index is -3.83. The Morgan fingerprint density at radius 3 is 2.59 bits per heavy atom. The molecule has 34 heavy (non-hydrogen) atoms. The van der Waals surface area contributed by atoms with E-state index in [1.165, 1.54) is 10.4 Å². The lowest BCUT2D eigenvalue weighted by atomic mass is 9.90. The number of piperidine rings is 1. The quantitative estimate of drug-likeness (QED) is 0.668. The molecule has 2 heterocycles. The van der Waals surface area contributed by atoms with E-state index in [1.807, 2.05) is 29.2 Å². The standard InChI is InChI=1S/C26H27FN2O4S/c27-24-15-22(8-9-23(24)20-5-4-18-2-1-3-19(18)14-20)34(31,32)28-12-10-26(11-13-28)17-29(21-6-7-21)25(30)16-33-26/h1-2,4-5,8-9,14-15,21H,3,6-7,10-13,16-17H2. The molecule has 0 N–H and O–H groups in total. The van der Waals surface area contributed by atoms with E-state index < -0.39 is 21.4 Å². The highest BCUT2D eigenvalue weighted by Gasteiger charge is 2.47. The summed E-state index contributed by atoms with van der Waals surface area (Å²) < 4.78 is 49.0.